The molecule has 1 N–H and O–H groups in total. The first-order chi connectivity index (χ1) is 8.94. The summed E-state index contributed by atoms with van der Waals surface area (Å²) in [6, 6.07) is 6.12. The topological polar surface area (TPSA) is 54.9 Å². The zero-order valence-electron chi connectivity index (χ0n) is 10.1. The van der Waals surface area contributed by atoms with Crippen LogP contribution in [0.5, 0.6) is 0 Å². The van der Waals surface area contributed by atoms with Crippen molar-refractivity contribution in [1.29, 1.82) is 0 Å². The van der Waals surface area contributed by atoms with Crippen LogP contribution < -0.4 is 0 Å². The Morgan fingerprint density at radius 2 is 2.26 bits per heavy atom. The molecule has 7 heteroatoms. The number of aromatic amines is 1. The standard InChI is InChI=1S/C12H13IN2O2S2/c13-9-1-2-11-10(5-9)14-12(18)15(11)6-8-3-4-19(16,17)7-8/h1-2,5,8H,3-4,6-7H2,(H,14,18). The first-order valence-corrected chi connectivity index (χ1v) is 9.34. The van der Waals surface area contributed by atoms with Crippen molar-refractivity contribution in [3.05, 3.63) is 26.5 Å². The maximum absolute atomic E-state index is 11.5. The molecule has 0 spiro atoms. The van der Waals surface area contributed by atoms with E-state index in [9.17, 15) is 8.42 Å². The highest BCUT2D eigenvalue weighted by atomic mass is 127. The van der Waals surface area contributed by atoms with Crippen molar-refractivity contribution in [2.75, 3.05) is 11.5 Å². The molecule has 0 bridgehead atoms. The van der Waals surface area contributed by atoms with Crippen molar-refractivity contribution in [2.24, 2.45) is 5.92 Å². The second-order valence-corrected chi connectivity index (χ2v) is 8.83. The minimum Gasteiger partial charge on any atom is -0.331 e. The average molecular weight is 408 g/mol. The number of aromatic nitrogens is 2. The number of rotatable bonds is 2. The van der Waals surface area contributed by atoms with Crippen molar-refractivity contribution in [3.8, 4) is 0 Å². The van der Waals surface area contributed by atoms with Crippen LogP contribution in [0.4, 0.5) is 0 Å². The SMILES string of the molecule is O=S1(=O)CCC(Cn2c(=S)[nH]c3cc(I)ccc32)C1. The predicted octanol–water partition coefficient (Wildman–Crippen LogP) is 2.74. The maximum atomic E-state index is 11.5. The number of halogens is 1. The smallest absolute Gasteiger partial charge is 0.178 e. The summed E-state index contributed by atoms with van der Waals surface area (Å²) in [6.45, 7) is 0.679. The van der Waals surface area contributed by atoms with Gasteiger partial charge in [0, 0.05) is 10.1 Å². The molecule has 1 aliphatic rings. The molecule has 1 aromatic heterocycles. The third-order valence-corrected chi connectivity index (χ3v) is 6.33. The van der Waals surface area contributed by atoms with E-state index in [4.69, 9.17) is 12.2 Å². The monoisotopic (exact) mass is 408 g/mol. The van der Waals surface area contributed by atoms with Crippen LogP contribution in [0.1, 0.15) is 6.42 Å². The average Bonchev–Trinajstić information content (AvgIpc) is 2.80. The van der Waals surface area contributed by atoms with Gasteiger partial charge in [0.1, 0.15) is 0 Å². The van der Waals surface area contributed by atoms with Crippen LogP contribution in [-0.4, -0.2) is 29.5 Å². The van der Waals surface area contributed by atoms with Crippen LogP contribution in [-0.2, 0) is 16.4 Å². The van der Waals surface area contributed by atoms with Gasteiger partial charge < -0.3 is 9.55 Å². The molecule has 1 unspecified atom stereocenters. The van der Waals surface area contributed by atoms with Gasteiger partial charge in [-0.15, -0.1) is 0 Å². The molecule has 1 aliphatic heterocycles. The minimum atomic E-state index is -2.83. The third-order valence-electron chi connectivity index (χ3n) is 3.50. The van der Waals surface area contributed by atoms with Crippen molar-refractivity contribution < 1.29 is 8.42 Å². The van der Waals surface area contributed by atoms with Crippen LogP contribution in [0.3, 0.4) is 0 Å². The molecule has 102 valence electrons. The largest absolute Gasteiger partial charge is 0.331 e. The number of hydrogen-bond acceptors (Lipinski definition) is 3. The van der Waals surface area contributed by atoms with Crippen molar-refractivity contribution >= 4 is 55.7 Å². The fraction of sp³-hybridized carbons (Fsp3) is 0.417. The molecule has 3 rings (SSSR count). The summed E-state index contributed by atoms with van der Waals surface area (Å²) >= 11 is 7.60. The molecular weight excluding hydrogens is 395 g/mol. The highest BCUT2D eigenvalue weighted by molar-refractivity contribution is 14.1. The van der Waals surface area contributed by atoms with Gasteiger partial charge in [-0.1, -0.05) is 0 Å². The molecule has 0 amide bonds. The van der Waals surface area contributed by atoms with Gasteiger partial charge in [-0.3, -0.25) is 0 Å². The van der Waals surface area contributed by atoms with Gasteiger partial charge in [-0.2, -0.15) is 0 Å². The molecule has 0 radical (unpaired) electrons. The first-order valence-electron chi connectivity index (χ1n) is 6.03. The van der Waals surface area contributed by atoms with Gasteiger partial charge >= 0.3 is 0 Å². The number of nitrogens with zero attached hydrogens (tertiary/aromatic N) is 1. The first kappa shape index (κ1) is 13.6. The Bertz CT molecular complexity index is 792. The van der Waals surface area contributed by atoms with E-state index in [1.165, 1.54) is 0 Å². The quantitative estimate of drug-likeness (QED) is 0.614. The highest BCUT2D eigenvalue weighted by Crippen LogP contribution is 2.24. The molecule has 4 nitrogen and oxygen atoms in total. The number of H-pyrrole nitrogens is 1. The lowest BCUT2D eigenvalue weighted by Crippen LogP contribution is -2.12. The second-order valence-electron chi connectivity index (χ2n) is 4.97. The van der Waals surface area contributed by atoms with E-state index in [-0.39, 0.29) is 11.7 Å². The Hall–Kier alpha value is -0.410. The predicted molar refractivity (Wildman–Crippen MR) is 86.6 cm³/mol. The van der Waals surface area contributed by atoms with Gasteiger partial charge in [0.15, 0.2) is 14.6 Å². The van der Waals surface area contributed by atoms with Crippen molar-refractivity contribution in [1.82, 2.24) is 9.55 Å². The van der Waals surface area contributed by atoms with E-state index in [0.29, 0.717) is 17.1 Å². The van der Waals surface area contributed by atoms with Crippen LogP contribution in [0, 0.1) is 14.3 Å². The van der Waals surface area contributed by atoms with E-state index in [1.54, 1.807) is 0 Å². The molecule has 2 heterocycles. The van der Waals surface area contributed by atoms with Crippen molar-refractivity contribution in [2.45, 2.75) is 13.0 Å². The van der Waals surface area contributed by atoms with Gasteiger partial charge in [0.25, 0.3) is 0 Å². The molecule has 0 aliphatic carbocycles. The minimum absolute atomic E-state index is 0.176. The normalized spacial score (nSPS) is 22.1. The van der Waals surface area contributed by atoms with Crippen LogP contribution >= 0.6 is 34.8 Å². The molecule has 1 aromatic carbocycles. The lowest BCUT2D eigenvalue weighted by molar-refractivity contribution is 0.495. The fourth-order valence-electron chi connectivity index (χ4n) is 2.59. The summed E-state index contributed by atoms with van der Waals surface area (Å²) in [5.74, 6) is 0.770. The molecule has 2 aromatic rings. The number of hydrogen-bond donors (Lipinski definition) is 1. The molecule has 19 heavy (non-hydrogen) atoms. The summed E-state index contributed by atoms with van der Waals surface area (Å²) < 4.78 is 26.9. The number of nitrogens with one attached hydrogen (secondary N) is 1. The van der Waals surface area contributed by atoms with E-state index in [0.717, 1.165) is 21.0 Å². The Kier molecular flexibility index (Phi) is 3.46. The van der Waals surface area contributed by atoms with Crippen LogP contribution in [0.25, 0.3) is 11.0 Å². The van der Waals surface area contributed by atoms with Gasteiger partial charge in [0.05, 0.1) is 22.5 Å². The molecular formula is C12H13IN2O2S2. The molecule has 0 saturated carbocycles. The molecule has 1 fully saturated rings. The van der Waals surface area contributed by atoms with Gasteiger partial charge in [0.2, 0.25) is 0 Å². The Morgan fingerprint density at radius 3 is 2.95 bits per heavy atom. The molecule has 1 saturated heterocycles. The third kappa shape index (κ3) is 2.73. The van der Waals surface area contributed by atoms with E-state index < -0.39 is 9.84 Å². The summed E-state index contributed by atoms with van der Waals surface area (Å²) in [4.78, 5) is 3.19. The van der Waals surface area contributed by atoms with Crippen molar-refractivity contribution in [3.63, 3.8) is 0 Å². The Balaban J connectivity index is 1.97. The van der Waals surface area contributed by atoms with E-state index >= 15 is 0 Å². The number of imidazole rings is 1. The number of benzene rings is 1. The lowest BCUT2D eigenvalue weighted by atomic mass is 10.1. The summed E-state index contributed by atoms with van der Waals surface area (Å²) in [7, 11) is -2.83. The van der Waals surface area contributed by atoms with Crippen LogP contribution in [0.15, 0.2) is 18.2 Å². The second kappa shape index (κ2) is 4.85. The van der Waals surface area contributed by atoms with Gasteiger partial charge in [-0.25, -0.2) is 8.42 Å². The summed E-state index contributed by atoms with van der Waals surface area (Å²) in [5, 5.41) is 0. The Labute approximate surface area is 130 Å². The molecule has 1 atom stereocenters. The fourth-order valence-corrected chi connectivity index (χ4v) is 5.21. The number of fused-ring (bicyclic) bond motifs is 1. The Morgan fingerprint density at radius 1 is 1.47 bits per heavy atom. The summed E-state index contributed by atoms with van der Waals surface area (Å²) in [6.07, 6.45) is 0.737. The van der Waals surface area contributed by atoms with E-state index in [1.807, 2.05) is 22.8 Å². The highest BCUT2D eigenvalue weighted by Gasteiger charge is 2.28. The maximum Gasteiger partial charge on any atom is 0.178 e. The van der Waals surface area contributed by atoms with E-state index in [2.05, 4.69) is 27.6 Å². The van der Waals surface area contributed by atoms with Crippen LogP contribution in [0.2, 0.25) is 0 Å². The summed E-state index contributed by atoms with van der Waals surface area (Å²) in [5.41, 5.74) is 2.06. The zero-order valence-corrected chi connectivity index (χ0v) is 13.9. The number of sulfone groups is 1. The van der Waals surface area contributed by atoms with Gasteiger partial charge in [-0.05, 0) is 65.3 Å². The lowest BCUT2D eigenvalue weighted by Gasteiger charge is -2.09. The zero-order chi connectivity index (χ0) is 13.6.